The molecule has 14 heavy (non-hydrogen) atoms. The van der Waals surface area contributed by atoms with Crippen molar-refractivity contribution in [3.63, 3.8) is 0 Å². The molecule has 1 aromatic heterocycles. The van der Waals surface area contributed by atoms with Crippen molar-refractivity contribution in [2.45, 2.75) is 13.3 Å². The van der Waals surface area contributed by atoms with Crippen LogP contribution in [-0.2, 0) is 0 Å². The summed E-state index contributed by atoms with van der Waals surface area (Å²) in [5, 5.41) is 0.0618. The number of anilines is 1. The van der Waals surface area contributed by atoms with Crippen LogP contribution in [0.5, 0.6) is 0 Å². The van der Waals surface area contributed by atoms with E-state index in [1.165, 1.54) is 18.1 Å². The van der Waals surface area contributed by atoms with Crippen LogP contribution in [0.25, 0.3) is 0 Å². The molecule has 1 aromatic rings. The standard InChI is InChI=1S/C8H10ClF2N3/c1-5-3-12-8(9)13-7(5)14(2)4-6(10)11/h3,6H,4H2,1-2H3. The molecule has 78 valence electrons. The molecule has 0 atom stereocenters. The van der Waals surface area contributed by atoms with Crippen molar-refractivity contribution in [3.8, 4) is 0 Å². The van der Waals surface area contributed by atoms with Crippen LogP contribution in [0.4, 0.5) is 14.6 Å². The van der Waals surface area contributed by atoms with Gasteiger partial charge in [0.25, 0.3) is 6.43 Å². The zero-order chi connectivity index (χ0) is 10.7. The monoisotopic (exact) mass is 221 g/mol. The van der Waals surface area contributed by atoms with Crippen LogP contribution in [-0.4, -0.2) is 30.0 Å². The van der Waals surface area contributed by atoms with Gasteiger partial charge in [-0.3, -0.25) is 0 Å². The minimum atomic E-state index is -2.40. The van der Waals surface area contributed by atoms with Gasteiger partial charge in [0.05, 0.1) is 6.54 Å². The summed E-state index contributed by atoms with van der Waals surface area (Å²) in [6.07, 6.45) is -0.889. The molecule has 0 N–H and O–H groups in total. The van der Waals surface area contributed by atoms with Crippen LogP contribution in [0, 0.1) is 6.92 Å². The van der Waals surface area contributed by atoms with Crippen molar-refractivity contribution in [2.75, 3.05) is 18.5 Å². The third-order valence-electron chi connectivity index (χ3n) is 1.69. The fourth-order valence-corrected chi connectivity index (χ4v) is 1.22. The SMILES string of the molecule is Cc1cnc(Cl)nc1N(C)CC(F)F. The molecule has 0 aromatic carbocycles. The van der Waals surface area contributed by atoms with E-state index >= 15 is 0 Å². The number of aromatic nitrogens is 2. The number of halogens is 3. The van der Waals surface area contributed by atoms with E-state index in [0.717, 1.165) is 5.56 Å². The molecule has 0 radical (unpaired) electrons. The van der Waals surface area contributed by atoms with Gasteiger partial charge in [-0.15, -0.1) is 0 Å². The van der Waals surface area contributed by atoms with Crippen LogP contribution in [0.2, 0.25) is 5.28 Å². The summed E-state index contributed by atoms with van der Waals surface area (Å²) < 4.78 is 24.2. The first kappa shape index (κ1) is 11.1. The fourth-order valence-electron chi connectivity index (χ4n) is 1.09. The van der Waals surface area contributed by atoms with E-state index in [1.807, 2.05) is 0 Å². The molecule has 6 heteroatoms. The second-order valence-corrected chi connectivity index (χ2v) is 3.26. The van der Waals surface area contributed by atoms with E-state index in [9.17, 15) is 8.78 Å². The fraction of sp³-hybridized carbons (Fsp3) is 0.500. The van der Waals surface area contributed by atoms with Gasteiger partial charge in [0, 0.05) is 18.8 Å². The summed E-state index contributed by atoms with van der Waals surface area (Å²) in [5.41, 5.74) is 0.720. The number of nitrogens with zero attached hydrogens (tertiary/aromatic N) is 3. The van der Waals surface area contributed by atoms with Gasteiger partial charge >= 0.3 is 0 Å². The highest BCUT2D eigenvalue weighted by atomic mass is 35.5. The second kappa shape index (κ2) is 4.50. The minimum Gasteiger partial charge on any atom is -0.354 e. The van der Waals surface area contributed by atoms with Crippen LogP contribution < -0.4 is 4.90 Å². The van der Waals surface area contributed by atoms with Gasteiger partial charge in [-0.25, -0.2) is 18.7 Å². The molecular weight excluding hydrogens is 212 g/mol. The Balaban J connectivity index is 2.88. The molecule has 0 saturated carbocycles. The quantitative estimate of drug-likeness (QED) is 0.733. The van der Waals surface area contributed by atoms with Gasteiger partial charge in [-0.05, 0) is 18.5 Å². The summed E-state index contributed by atoms with van der Waals surface area (Å²) in [4.78, 5) is 8.97. The molecule has 0 unspecified atom stereocenters. The van der Waals surface area contributed by atoms with Crippen molar-refractivity contribution < 1.29 is 8.78 Å². The summed E-state index contributed by atoms with van der Waals surface area (Å²) in [6, 6.07) is 0. The molecule has 0 bridgehead atoms. The zero-order valence-corrected chi connectivity index (χ0v) is 8.59. The van der Waals surface area contributed by atoms with E-state index in [2.05, 4.69) is 9.97 Å². The van der Waals surface area contributed by atoms with E-state index < -0.39 is 6.43 Å². The van der Waals surface area contributed by atoms with E-state index in [1.54, 1.807) is 6.92 Å². The molecule has 0 aliphatic carbocycles. The molecule has 1 heterocycles. The Hall–Kier alpha value is -0.970. The van der Waals surface area contributed by atoms with Gasteiger partial charge in [0.15, 0.2) is 0 Å². The largest absolute Gasteiger partial charge is 0.354 e. The van der Waals surface area contributed by atoms with Crippen molar-refractivity contribution in [1.82, 2.24) is 9.97 Å². The smallest absolute Gasteiger partial charge is 0.255 e. The highest BCUT2D eigenvalue weighted by Crippen LogP contribution is 2.17. The maximum Gasteiger partial charge on any atom is 0.255 e. The average molecular weight is 222 g/mol. The lowest BCUT2D eigenvalue weighted by molar-refractivity contribution is 0.156. The Labute approximate surface area is 85.7 Å². The first-order valence-corrected chi connectivity index (χ1v) is 4.37. The van der Waals surface area contributed by atoms with Crippen molar-refractivity contribution >= 4 is 17.4 Å². The van der Waals surface area contributed by atoms with Gasteiger partial charge < -0.3 is 4.90 Å². The van der Waals surface area contributed by atoms with Crippen molar-refractivity contribution in [3.05, 3.63) is 17.0 Å². The highest BCUT2D eigenvalue weighted by Gasteiger charge is 2.12. The lowest BCUT2D eigenvalue weighted by Crippen LogP contribution is -2.25. The maximum absolute atomic E-state index is 12.1. The maximum atomic E-state index is 12.1. The average Bonchev–Trinajstić information content (AvgIpc) is 2.08. The Bertz CT molecular complexity index is 319. The molecule has 0 fully saturated rings. The predicted molar refractivity (Wildman–Crippen MR) is 51.1 cm³/mol. The normalized spacial score (nSPS) is 10.7. The molecule has 3 nitrogen and oxygen atoms in total. The summed E-state index contributed by atoms with van der Waals surface area (Å²) in [7, 11) is 1.54. The lowest BCUT2D eigenvalue weighted by Gasteiger charge is -2.19. The van der Waals surface area contributed by atoms with E-state index in [-0.39, 0.29) is 11.8 Å². The molecule has 0 aliphatic heterocycles. The Morgan fingerprint density at radius 2 is 2.21 bits per heavy atom. The number of aryl methyl sites for hydroxylation is 1. The molecular formula is C8H10ClF2N3. The summed E-state index contributed by atoms with van der Waals surface area (Å²) in [6.45, 7) is 1.38. The molecule has 0 spiro atoms. The summed E-state index contributed by atoms with van der Waals surface area (Å²) in [5.74, 6) is 0.435. The number of rotatable bonds is 3. The summed E-state index contributed by atoms with van der Waals surface area (Å²) >= 11 is 5.56. The minimum absolute atomic E-state index is 0.0618. The van der Waals surface area contributed by atoms with Gasteiger partial charge in [-0.2, -0.15) is 0 Å². The van der Waals surface area contributed by atoms with Crippen LogP contribution in [0.15, 0.2) is 6.20 Å². The zero-order valence-electron chi connectivity index (χ0n) is 7.84. The second-order valence-electron chi connectivity index (χ2n) is 2.92. The first-order valence-electron chi connectivity index (χ1n) is 3.99. The van der Waals surface area contributed by atoms with Crippen LogP contribution in [0.3, 0.4) is 0 Å². The number of alkyl halides is 2. The predicted octanol–water partition coefficient (Wildman–Crippen LogP) is 2.14. The Morgan fingerprint density at radius 1 is 1.57 bits per heavy atom. The van der Waals surface area contributed by atoms with E-state index in [4.69, 9.17) is 11.6 Å². The topological polar surface area (TPSA) is 29.0 Å². The molecule has 0 saturated heterocycles. The Morgan fingerprint density at radius 3 is 2.79 bits per heavy atom. The molecule has 1 rings (SSSR count). The lowest BCUT2D eigenvalue weighted by atomic mass is 10.3. The number of hydrogen-bond donors (Lipinski definition) is 0. The van der Waals surface area contributed by atoms with Crippen molar-refractivity contribution in [1.29, 1.82) is 0 Å². The third kappa shape index (κ3) is 2.77. The van der Waals surface area contributed by atoms with Crippen molar-refractivity contribution in [2.24, 2.45) is 0 Å². The van der Waals surface area contributed by atoms with Gasteiger partial charge in [-0.1, -0.05) is 0 Å². The van der Waals surface area contributed by atoms with Crippen LogP contribution in [0.1, 0.15) is 5.56 Å². The number of hydrogen-bond acceptors (Lipinski definition) is 3. The third-order valence-corrected chi connectivity index (χ3v) is 1.87. The van der Waals surface area contributed by atoms with Gasteiger partial charge in [0.2, 0.25) is 5.28 Å². The molecule has 0 amide bonds. The highest BCUT2D eigenvalue weighted by molar-refractivity contribution is 6.28. The van der Waals surface area contributed by atoms with Gasteiger partial charge in [0.1, 0.15) is 5.82 Å². The Kier molecular flexibility index (Phi) is 3.57. The first-order chi connectivity index (χ1) is 6.50. The molecule has 0 aliphatic rings. The van der Waals surface area contributed by atoms with E-state index in [0.29, 0.717) is 5.82 Å². The van der Waals surface area contributed by atoms with Crippen LogP contribution >= 0.6 is 11.6 Å².